The van der Waals surface area contributed by atoms with E-state index in [0.717, 1.165) is 11.1 Å². The molecule has 0 radical (unpaired) electrons. The number of aromatic nitrogens is 1. The molecule has 3 aromatic rings. The van der Waals surface area contributed by atoms with Crippen molar-refractivity contribution in [2.75, 3.05) is 4.72 Å². The van der Waals surface area contributed by atoms with Crippen molar-refractivity contribution in [1.29, 1.82) is 0 Å². The van der Waals surface area contributed by atoms with Crippen molar-refractivity contribution >= 4 is 27.3 Å². The Hall–Kier alpha value is -2.57. The highest BCUT2D eigenvalue weighted by molar-refractivity contribution is 7.92. The monoisotopic (exact) mass is 388 g/mol. The first-order valence-corrected chi connectivity index (χ1v) is 9.71. The van der Waals surface area contributed by atoms with Gasteiger partial charge in [-0.05, 0) is 43.3 Å². The fraction of sp³-hybridized carbons (Fsp3) is 0.105. The van der Waals surface area contributed by atoms with Gasteiger partial charge in [0.05, 0.1) is 15.6 Å². The molecule has 134 valence electrons. The van der Waals surface area contributed by atoms with Crippen molar-refractivity contribution < 1.29 is 13.2 Å². The van der Waals surface area contributed by atoms with E-state index in [4.69, 9.17) is 16.3 Å². The van der Waals surface area contributed by atoms with E-state index in [0.29, 0.717) is 23.1 Å². The number of rotatable bonds is 6. The summed E-state index contributed by atoms with van der Waals surface area (Å²) < 4.78 is 33.0. The molecule has 26 heavy (non-hydrogen) atoms. The van der Waals surface area contributed by atoms with Crippen LogP contribution in [0.15, 0.2) is 71.9 Å². The molecule has 0 aliphatic rings. The average molecular weight is 389 g/mol. The highest BCUT2D eigenvalue weighted by atomic mass is 35.5. The van der Waals surface area contributed by atoms with Gasteiger partial charge in [-0.15, -0.1) is 0 Å². The predicted molar refractivity (Wildman–Crippen MR) is 102 cm³/mol. The molecule has 7 heteroatoms. The summed E-state index contributed by atoms with van der Waals surface area (Å²) in [5.41, 5.74) is 2.26. The Morgan fingerprint density at radius 3 is 2.54 bits per heavy atom. The van der Waals surface area contributed by atoms with E-state index >= 15 is 0 Å². The zero-order valence-electron chi connectivity index (χ0n) is 14.0. The summed E-state index contributed by atoms with van der Waals surface area (Å²) in [7, 11) is -3.67. The van der Waals surface area contributed by atoms with E-state index in [2.05, 4.69) is 9.71 Å². The molecule has 1 N–H and O–H groups in total. The molecule has 1 heterocycles. The summed E-state index contributed by atoms with van der Waals surface area (Å²) in [5, 5.41) is 0.318. The van der Waals surface area contributed by atoms with Gasteiger partial charge in [-0.1, -0.05) is 35.4 Å². The number of nitrogens with one attached hydrogen (secondary N) is 1. The SMILES string of the molecule is Cc1ccc(S(=O)(=O)Nc2ccc(OCc3cccnc3)c(Cl)c2)cc1. The van der Waals surface area contributed by atoms with E-state index in [1.165, 1.54) is 6.07 Å². The van der Waals surface area contributed by atoms with Crippen LogP contribution in [0.2, 0.25) is 5.02 Å². The van der Waals surface area contributed by atoms with Crippen molar-refractivity contribution in [1.82, 2.24) is 4.98 Å². The van der Waals surface area contributed by atoms with Crippen LogP contribution in [-0.2, 0) is 16.6 Å². The van der Waals surface area contributed by atoms with E-state index in [9.17, 15) is 8.42 Å². The highest BCUT2D eigenvalue weighted by Crippen LogP contribution is 2.29. The van der Waals surface area contributed by atoms with Crippen LogP contribution in [0.3, 0.4) is 0 Å². The van der Waals surface area contributed by atoms with E-state index in [1.807, 2.05) is 19.1 Å². The van der Waals surface area contributed by atoms with Crippen LogP contribution in [0.4, 0.5) is 5.69 Å². The minimum absolute atomic E-state index is 0.191. The topological polar surface area (TPSA) is 68.3 Å². The van der Waals surface area contributed by atoms with Gasteiger partial charge in [0.2, 0.25) is 0 Å². The summed E-state index contributed by atoms with van der Waals surface area (Å²) in [4.78, 5) is 4.21. The van der Waals surface area contributed by atoms with Gasteiger partial charge in [-0.2, -0.15) is 0 Å². The summed E-state index contributed by atoms with van der Waals surface area (Å²) in [6.07, 6.45) is 3.39. The van der Waals surface area contributed by atoms with Crippen molar-refractivity contribution in [3.63, 3.8) is 0 Å². The smallest absolute Gasteiger partial charge is 0.261 e. The number of benzene rings is 2. The molecule has 0 amide bonds. The number of pyridine rings is 1. The average Bonchev–Trinajstić information content (AvgIpc) is 2.62. The molecule has 0 fully saturated rings. The largest absolute Gasteiger partial charge is 0.487 e. The third kappa shape index (κ3) is 4.53. The molecular formula is C19H17ClN2O3S. The van der Waals surface area contributed by atoms with Gasteiger partial charge in [0, 0.05) is 18.0 Å². The second-order valence-electron chi connectivity index (χ2n) is 5.71. The van der Waals surface area contributed by atoms with E-state index < -0.39 is 10.0 Å². The Bertz CT molecular complexity index is 991. The molecule has 2 aromatic carbocycles. The Morgan fingerprint density at radius 1 is 1.12 bits per heavy atom. The van der Waals surface area contributed by atoms with Gasteiger partial charge >= 0.3 is 0 Å². The van der Waals surface area contributed by atoms with Crippen molar-refractivity contribution in [2.45, 2.75) is 18.4 Å². The van der Waals surface area contributed by atoms with Gasteiger partial charge < -0.3 is 4.74 Å². The number of anilines is 1. The van der Waals surface area contributed by atoms with Crippen LogP contribution in [-0.4, -0.2) is 13.4 Å². The molecule has 0 unspecified atom stereocenters. The van der Waals surface area contributed by atoms with Crippen LogP contribution in [0.5, 0.6) is 5.75 Å². The number of ether oxygens (including phenoxy) is 1. The number of sulfonamides is 1. The number of aryl methyl sites for hydroxylation is 1. The van der Waals surface area contributed by atoms with Crippen molar-refractivity contribution in [3.05, 3.63) is 83.1 Å². The molecule has 3 rings (SSSR count). The maximum Gasteiger partial charge on any atom is 0.261 e. The second-order valence-corrected chi connectivity index (χ2v) is 7.80. The lowest BCUT2D eigenvalue weighted by atomic mass is 10.2. The Morgan fingerprint density at radius 2 is 1.88 bits per heavy atom. The molecule has 0 saturated heterocycles. The maximum absolute atomic E-state index is 12.4. The third-order valence-electron chi connectivity index (χ3n) is 3.63. The summed E-state index contributed by atoms with van der Waals surface area (Å²) in [6.45, 7) is 2.22. The zero-order valence-corrected chi connectivity index (χ0v) is 15.6. The summed E-state index contributed by atoms with van der Waals surface area (Å²) in [6, 6.07) is 15.1. The second kappa shape index (κ2) is 7.76. The van der Waals surface area contributed by atoms with Gasteiger partial charge in [0.15, 0.2) is 0 Å². The number of hydrogen-bond acceptors (Lipinski definition) is 4. The number of nitrogens with zero attached hydrogens (tertiary/aromatic N) is 1. The quantitative estimate of drug-likeness (QED) is 0.678. The van der Waals surface area contributed by atoms with Gasteiger partial charge in [-0.25, -0.2) is 8.42 Å². The lowest BCUT2D eigenvalue weighted by molar-refractivity contribution is 0.306. The van der Waals surface area contributed by atoms with E-state index in [1.54, 1.807) is 48.8 Å². The summed E-state index contributed by atoms with van der Waals surface area (Å²) in [5.74, 6) is 0.466. The third-order valence-corrected chi connectivity index (χ3v) is 5.33. The fourth-order valence-corrected chi connectivity index (χ4v) is 3.54. The molecule has 1 aromatic heterocycles. The maximum atomic E-state index is 12.4. The Kier molecular flexibility index (Phi) is 5.44. The number of hydrogen-bond donors (Lipinski definition) is 1. The fourth-order valence-electron chi connectivity index (χ4n) is 2.26. The normalized spacial score (nSPS) is 11.2. The zero-order chi connectivity index (χ0) is 18.6. The van der Waals surface area contributed by atoms with Crippen LogP contribution in [0.1, 0.15) is 11.1 Å². The number of halogens is 1. The van der Waals surface area contributed by atoms with Crippen LogP contribution >= 0.6 is 11.6 Å². The van der Waals surface area contributed by atoms with Gasteiger partial charge in [0.1, 0.15) is 12.4 Å². The van der Waals surface area contributed by atoms with Crippen LogP contribution < -0.4 is 9.46 Å². The van der Waals surface area contributed by atoms with Gasteiger partial charge in [-0.3, -0.25) is 9.71 Å². The Balaban J connectivity index is 1.72. The molecule has 0 atom stereocenters. The molecule has 5 nitrogen and oxygen atoms in total. The van der Waals surface area contributed by atoms with E-state index in [-0.39, 0.29) is 4.90 Å². The van der Waals surface area contributed by atoms with Crippen molar-refractivity contribution in [2.24, 2.45) is 0 Å². The lowest BCUT2D eigenvalue weighted by Gasteiger charge is -2.11. The minimum atomic E-state index is -3.67. The van der Waals surface area contributed by atoms with Crippen LogP contribution in [0.25, 0.3) is 0 Å². The lowest BCUT2D eigenvalue weighted by Crippen LogP contribution is -2.12. The first-order chi connectivity index (χ1) is 12.4. The standard InChI is InChI=1S/C19H17ClN2O3S/c1-14-4-7-17(8-5-14)26(23,24)22-16-6-9-19(18(20)11-16)25-13-15-3-2-10-21-12-15/h2-12,22H,13H2,1H3. The van der Waals surface area contributed by atoms with Crippen LogP contribution in [0, 0.1) is 6.92 Å². The first kappa shape index (κ1) is 18.2. The first-order valence-electron chi connectivity index (χ1n) is 7.85. The molecule has 0 bridgehead atoms. The molecule has 0 saturated carbocycles. The van der Waals surface area contributed by atoms with Crippen molar-refractivity contribution in [3.8, 4) is 5.75 Å². The molecule has 0 aliphatic carbocycles. The predicted octanol–water partition coefficient (Wildman–Crippen LogP) is 4.42. The molecule has 0 aliphatic heterocycles. The minimum Gasteiger partial charge on any atom is -0.487 e. The molecule has 0 spiro atoms. The Labute approximate surface area is 157 Å². The highest BCUT2D eigenvalue weighted by Gasteiger charge is 2.15. The molecular weight excluding hydrogens is 372 g/mol. The summed E-state index contributed by atoms with van der Waals surface area (Å²) >= 11 is 6.22. The van der Waals surface area contributed by atoms with Gasteiger partial charge in [0.25, 0.3) is 10.0 Å².